The highest BCUT2D eigenvalue weighted by Crippen LogP contribution is 2.18. The molecule has 0 saturated heterocycles. The molecule has 4 heterocycles. The zero-order chi connectivity index (χ0) is 30.1. The van der Waals surface area contributed by atoms with E-state index in [4.69, 9.17) is 29.1 Å². The largest absolute Gasteiger partial charge is 0.490 e. The fourth-order valence-corrected chi connectivity index (χ4v) is 3.32. The van der Waals surface area contributed by atoms with E-state index in [2.05, 4.69) is 26.2 Å². The van der Waals surface area contributed by atoms with Crippen LogP contribution in [0.15, 0.2) is 41.1 Å². The second-order valence-corrected chi connectivity index (χ2v) is 8.41. The highest BCUT2D eigenvalue weighted by molar-refractivity contribution is 5.73. The third-order valence-electron chi connectivity index (χ3n) is 4.99. The van der Waals surface area contributed by atoms with Gasteiger partial charge in [0.2, 0.25) is 0 Å². The molecule has 1 aliphatic heterocycles. The molecule has 17 heteroatoms. The molecule has 2 N–H and O–H groups in total. The Kier molecular flexibility index (Phi) is 11.2. The van der Waals surface area contributed by atoms with Gasteiger partial charge in [0.1, 0.15) is 5.76 Å². The van der Waals surface area contributed by atoms with Crippen LogP contribution < -0.4 is 0 Å². The van der Waals surface area contributed by atoms with E-state index in [1.165, 1.54) is 5.69 Å². The van der Waals surface area contributed by atoms with Gasteiger partial charge in [0.25, 0.3) is 0 Å². The van der Waals surface area contributed by atoms with Gasteiger partial charge in [-0.15, -0.1) is 0 Å². The molecule has 4 rings (SSSR count). The smallest absolute Gasteiger partial charge is 0.475 e. The van der Waals surface area contributed by atoms with Crippen LogP contribution in [0.3, 0.4) is 0 Å². The molecule has 11 nitrogen and oxygen atoms in total. The van der Waals surface area contributed by atoms with Crippen LogP contribution in [0.5, 0.6) is 0 Å². The Bertz CT molecular complexity index is 1240. The summed E-state index contributed by atoms with van der Waals surface area (Å²) in [5.41, 5.74) is 4.08. The Hall–Kier alpha value is -3.99. The van der Waals surface area contributed by atoms with Gasteiger partial charge in [-0.2, -0.15) is 31.4 Å². The maximum Gasteiger partial charge on any atom is 0.490 e. The number of ether oxygens (including phenoxy) is 1. The Morgan fingerprint density at radius 3 is 2.17 bits per heavy atom. The zero-order valence-corrected chi connectivity index (χ0v) is 21.1. The zero-order valence-electron chi connectivity index (χ0n) is 21.1. The Morgan fingerprint density at radius 2 is 1.65 bits per heavy atom. The number of carboxylic acid groups (broad SMARTS) is 2. The number of alkyl halides is 6. The summed E-state index contributed by atoms with van der Waals surface area (Å²) in [7, 11) is 0. The van der Waals surface area contributed by atoms with Crippen LogP contribution >= 0.6 is 0 Å². The Labute approximate surface area is 223 Å². The van der Waals surface area contributed by atoms with Gasteiger partial charge in [0, 0.05) is 37.6 Å². The molecule has 1 atom stereocenters. The number of pyridine rings is 1. The van der Waals surface area contributed by atoms with Crippen molar-refractivity contribution in [3.8, 4) is 0 Å². The van der Waals surface area contributed by atoms with Crippen molar-refractivity contribution >= 4 is 11.9 Å². The van der Waals surface area contributed by atoms with Gasteiger partial charge >= 0.3 is 24.3 Å². The average Bonchev–Trinajstić information content (AvgIpc) is 3.41. The second-order valence-electron chi connectivity index (χ2n) is 8.41. The third-order valence-corrected chi connectivity index (χ3v) is 4.99. The number of carboxylic acids is 2. The van der Waals surface area contributed by atoms with E-state index in [0.29, 0.717) is 6.61 Å². The lowest BCUT2D eigenvalue weighted by Crippen LogP contribution is -2.33. The van der Waals surface area contributed by atoms with Gasteiger partial charge in [-0.05, 0) is 32.0 Å². The Morgan fingerprint density at radius 1 is 1.02 bits per heavy atom. The molecule has 0 spiro atoms. The van der Waals surface area contributed by atoms with Gasteiger partial charge < -0.3 is 19.5 Å². The van der Waals surface area contributed by atoms with Crippen LogP contribution in [0.1, 0.15) is 28.5 Å². The summed E-state index contributed by atoms with van der Waals surface area (Å²) < 4.78 is 76.9. The predicted octanol–water partition coefficient (Wildman–Crippen LogP) is 3.75. The molecule has 0 radical (unpaired) electrons. The number of aliphatic carboxylic acids is 2. The lowest BCUT2D eigenvalue weighted by atomic mass is 10.3. The molecule has 0 fully saturated rings. The Balaban J connectivity index is 0.000000333. The number of carbonyl (C=O) groups is 2. The van der Waals surface area contributed by atoms with Crippen molar-refractivity contribution in [1.29, 1.82) is 0 Å². The SMILES string of the molecule is Cc1cccc(COC2CN(Cc3cc(C)on3)Cc3ccnn3C2)n1.O=C(O)C(F)(F)F.O=C(O)C(F)(F)F. The van der Waals surface area contributed by atoms with Gasteiger partial charge in [0.15, 0.2) is 0 Å². The first-order valence-corrected chi connectivity index (χ1v) is 11.3. The second kappa shape index (κ2) is 13.9. The number of halogens is 6. The average molecular weight is 581 g/mol. The molecule has 0 saturated carbocycles. The third kappa shape index (κ3) is 11.0. The first-order valence-electron chi connectivity index (χ1n) is 11.3. The van der Waals surface area contributed by atoms with Crippen molar-refractivity contribution in [2.45, 2.75) is 58.5 Å². The summed E-state index contributed by atoms with van der Waals surface area (Å²) in [4.78, 5) is 24.6. The summed E-state index contributed by atoms with van der Waals surface area (Å²) in [5.74, 6) is -4.68. The standard InChI is InChI=1S/C19H23N5O2.2C2HF3O2/c1-14-4-3-5-16(21-14)13-25-19-11-23(9-17-8-15(2)26-22-17)10-18-6-7-20-24(18)12-19;2*3-2(4,5)1(6)7/h3-8,19H,9-13H2,1-2H3;2*(H,6,7). The molecule has 220 valence electrons. The van der Waals surface area contributed by atoms with Crippen molar-refractivity contribution in [3.05, 3.63) is 65.1 Å². The van der Waals surface area contributed by atoms with Gasteiger partial charge in [-0.1, -0.05) is 11.2 Å². The van der Waals surface area contributed by atoms with Crippen LogP contribution in [0.25, 0.3) is 0 Å². The monoisotopic (exact) mass is 581 g/mol. The summed E-state index contributed by atoms with van der Waals surface area (Å²) in [6.07, 6.45) is -8.29. The molecule has 3 aromatic rings. The molecule has 1 unspecified atom stereocenters. The molecule has 40 heavy (non-hydrogen) atoms. The minimum absolute atomic E-state index is 0.0338. The van der Waals surface area contributed by atoms with Crippen molar-refractivity contribution in [1.82, 2.24) is 24.8 Å². The van der Waals surface area contributed by atoms with Crippen LogP contribution in [-0.4, -0.2) is 72.0 Å². The highest BCUT2D eigenvalue weighted by Gasteiger charge is 2.38. The number of aromatic nitrogens is 4. The lowest BCUT2D eigenvalue weighted by molar-refractivity contribution is -0.193. The van der Waals surface area contributed by atoms with Crippen molar-refractivity contribution in [2.75, 3.05) is 6.54 Å². The topological polar surface area (TPSA) is 144 Å². The lowest BCUT2D eigenvalue weighted by Gasteiger charge is -2.23. The van der Waals surface area contributed by atoms with Gasteiger partial charge in [-0.25, -0.2) is 9.59 Å². The molecule has 0 aliphatic carbocycles. The number of fused-ring (bicyclic) bond motifs is 1. The fraction of sp³-hybridized carbons (Fsp3) is 0.435. The van der Waals surface area contributed by atoms with Crippen LogP contribution in [0.4, 0.5) is 26.3 Å². The predicted molar refractivity (Wildman–Crippen MR) is 123 cm³/mol. The molecular weight excluding hydrogens is 556 g/mol. The number of nitrogens with zero attached hydrogens (tertiary/aromatic N) is 5. The van der Waals surface area contributed by atoms with Crippen molar-refractivity contribution < 1.29 is 55.4 Å². The summed E-state index contributed by atoms with van der Waals surface area (Å²) in [6, 6.07) is 10.0. The number of hydrogen-bond donors (Lipinski definition) is 2. The van der Waals surface area contributed by atoms with Crippen molar-refractivity contribution in [3.63, 3.8) is 0 Å². The van der Waals surface area contributed by atoms with E-state index in [1.54, 1.807) is 0 Å². The first-order chi connectivity index (χ1) is 18.5. The van der Waals surface area contributed by atoms with Crippen LogP contribution in [0, 0.1) is 13.8 Å². The number of aryl methyl sites for hydroxylation is 2. The quantitative estimate of drug-likeness (QED) is 0.428. The van der Waals surface area contributed by atoms with Gasteiger partial charge in [0.05, 0.1) is 36.3 Å². The number of hydrogen-bond acceptors (Lipinski definition) is 8. The maximum atomic E-state index is 10.6. The minimum Gasteiger partial charge on any atom is -0.475 e. The van der Waals surface area contributed by atoms with Crippen LogP contribution in [0.2, 0.25) is 0 Å². The molecule has 1 aliphatic rings. The molecule has 0 amide bonds. The van der Waals surface area contributed by atoms with E-state index in [0.717, 1.165) is 49.0 Å². The van der Waals surface area contributed by atoms with E-state index < -0.39 is 24.3 Å². The molecule has 0 bridgehead atoms. The summed E-state index contributed by atoms with van der Waals surface area (Å²) in [6.45, 7) is 7.49. The van der Waals surface area contributed by atoms with Crippen molar-refractivity contribution in [2.24, 2.45) is 0 Å². The maximum absolute atomic E-state index is 10.6. The fourth-order valence-electron chi connectivity index (χ4n) is 3.32. The minimum atomic E-state index is -5.08. The van der Waals surface area contributed by atoms with E-state index in [-0.39, 0.29) is 6.10 Å². The summed E-state index contributed by atoms with van der Waals surface area (Å²) in [5, 5.41) is 22.8. The van der Waals surface area contributed by atoms with E-state index >= 15 is 0 Å². The summed E-state index contributed by atoms with van der Waals surface area (Å²) >= 11 is 0. The normalized spacial score (nSPS) is 15.6. The molecule has 0 aromatic carbocycles. The van der Waals surface area contributed by atoms with E-state index in [1.807, 2.05) is 49.0 Å². The highest BCUT2D eigenvalue weighted by atomic mass is 19.4. The van der Waals surface area contributed by atoms with Crippen LogP contribution in [-0.2, 0) is 40.6 Å². The number of rotatable bonds is 5. The molecule has 3 aromatic heterocycles. The van der Waals surface area contributed by atoms with Gasteiger partial charge in [-0.3, -0.25) is 14.6 Å². The van der Waals surface area contributed by atoms with E-state index in [9.17, 15) is 26.3 Å². The first kappa shape index (κ1) is 32.2. The molecular formula is C23H25F6N5O6.